The normalized spacial score (nSPS) is 20.7. The Bertz CT molecular complexity index is 964. The van der Waals surface area contributed by atoms with E-state index in [0.717, 1.165) is 24.8 Å². The fourth-order valence-corrected chi connectivity index (χ4v) is 3.60. The molecule has 2 aliphatic rings. The molecule has 136 valence electrons. The third-order valence-corrected chi connectivity index (χ3v) is 4.94. The van der Waals surface area contributed by atoms with Gasteiger partial charge in [0.2, 0.25) is 0 Å². The van der Waals surface area contributed by atoms with Gasteiger partial charge < -0.3 is 20.7 Å². The van der Waals surface area contributed by atoms with Gasteiger partial charge in [0.15, 0.2) is 5.82 Å². The van der Waals surface area contributed by atoms with Gasteiger partial charge in [0.1, 0.15) is 11.3 Å². The van der Waals surface area contributed by atoms with Crippen LogP contribution in [0.3, 0.4) is 0 Å². The van der Waals surface area contributed by atoms with Crippen LogP contribution in [-0.4, -0.2) is 27.8 Å². The van der Waals surface area contributed by atoms with E-state index in [-0.39, 0.29) is 17.5 Å². The molecule has 8 nitrogen and oxygen atoms in total. The molecule has 1 fully saturated rings. The molecule has 2 heterocycles. The fraction of sp³-hybridized carbons (Fsp3) is 0.278. The molecule has 2 atom stereocenters. The van der Waals surface area contributed by atoms with Crippen molar-refractivity contribution in [2.45, 2.75) is 25.3 Å². The molecule has 1 saturated carbocycles. The Hall–Kier alpha value is -3.25. The Labute approximate surface area is 156 Å². The van der Waals surface area contributed by atoms with Gasteiger partial charge >= 0.3 is 7.12 Å². The van der Waals surface area contributed by atoms with Crippen LogP contribution in [0.15, 0.2) is 30.4 Å². The van der Waals surface area contributed by atoms with Crippen molar-refractivity contribution < 1.29 is 14.5 Å². The first-order valence-electron chi connectivity index (χ1n) is 8.77. The number of aromatic nitrogens is 2. The van der Waals surface area contributed by atoms with E-state index in [2.05, 4.69) is 16.5 Å². The van der Waals surface area contributed by atoms with Crippen LogP contribution in [-0.2, 0) is 0 Å². The molecule has 0 saturated heterocycles. The molecule has 0 spiro atoms. The molecule has 0 bridgehead atoms. The molecular weight excluding hydrogens is 345 g/mol. The van der Waals surface area contributed by atoms with Gasteiger partial charge in [0.05, 0.1) is 18.0 Å². The lowest BCUT2D eigenvalue weighted by molar-refractivity contribution is 0.100. The molecule has 1 aromatic carbocycles. The number of hydrogen-bond donors (Lipinski definition) is 3. The summed E-state index contributed by atoms with van der Waals surface area (Å²) in [6, 6.07) is 7.59. The maximum absolute atomic E-state index is 11.9. The highest BCUT2D eigenvalue weighted by atomic mass is 16.5. The number of carbonyl (C=O) groups excluding carboxylic acids is 1. The summed E-state index contributed by atoms with van der Waals surface area (Å²) in [7, 11) is -0.951. The maximum atomic E-state index is 11.9. The molecule has 4 rings (SSSR count). The van der Waals surface area contributed by atoms with E-state index < -0.39 is 13.0 Å². The summed E-state index contributed by atoms with van der Waals surface area (Å²) in [5.41, 5.74) is 7.29. The van der Waals surface area contributed by atoms with Gasteiger partial charge in [-0.05, 0) is 43.4 Å². The zero-order valence-electron chi connectivity index (χ0n) is 14.5. The number of nitrogens with two attached hydrogens (primary N) is 1. The number of nitrogens with zero attached hydrogens (tertiary/aromatic N) is 3. The average Bonchev–Trinajstić information content (AvgIpc) is 3.28. The lowest BCUT2D eigenvalue weighted by Crippen LogP contribution is -2.21. The Morgan fingerprint density at radius 3 is 3.11 bits per heavy atom. The third kappa shape index (κ3) is 3.27. The molecule has 1 amide bonds. The van der Waals surface area contributed by atoms with Gasteiger partial charge in [-0.15, -0.1) is 0 Å². The number of fused-ring (bicyclic) bond motifs is 1. The molecule has 4 N–H and O–H groups in total. The number of benzene rings is 1. The number of nitriles is 1. The van der Waals surface area contributed by atoms with Crippen LogP contribution in [0.5, 0.6) is 5.75 Å². The number of hydrogen-bond acceptors (Lipinski definition) is 6. The van der Waals surface area contributed by atoms with Crippen molar-refractivity contribution in [2.75, 3.05) is 5.32 Å². The SMILES string of the molecule is N#C[C@H]1CCCC1n1cc(C(N)=O)c(Nc2ccc3c(c2)C=CB(O)O3)n1. The minimum atomic E-state index is -0.951. The van der Waals surface area contributed by atoms with Crippen LogP contribution in [0.25, 0.3) is 6.08 Å². The smallest absolute Gasteiger partial charge is 0.532 e. The molecule has 1 aromatic heterocycles. The van der Waals surface area contributed by atoms with Crippen LogP contribution >= 0.6 is 0 Å². The predicted molar refractivity (Wildman–Crippen MR) is 100 cm³/mol. The fourth-order valence-electron chi connectivity index (χ4n) is 3.60. The van der Waals surface area contributed by atoms with E-state index >= 15 is 0 Å². The number of rotatable bonds is 4. The molecule has 9 heteroatoms. The van der Waals surface area contributed by atoms with Gasteiger partial charge in [-0.1, -0.05) is 6.08 Å². The van der Waals surface area contributed by atoms with Crippen LogP contribution in [0.1, 0.15) is 41.2 Å². The van der Waals surface area contributed by atoms with Crippen molar-refractivity contribution in [1.29, 1.82) is 5.26 Å². The van der Waals surface area contributed by atoms with Gasteiger partial charge in [0, 0.05) is 17.4 Å². The van der Waals surface area contributed by atoms with Crippen molar-refractivity contribution in [3.63, 3.8) is 0 Å². The van der Waals surface area contributed by atoms with E-state index in [4.69, 9.17) is 10.4 Å². The van der Waals surface area contributed by atoms with Crippen molar-refractivity contribution in [2.24, 2.45) is 11.7 Å². The molecule has 0 radical (unpaired) electrons. The van der Waals surface area contributed by atoms with E-state index in [1.54, 1.807) is 29.1 Å². The molecule has 2 aromatic rings. The van der Waals surface area contributed by atoms with Crippen molar-refractivity contribution in [1.82, 2.24) is 9.78 Å². The van der Waals surface area contributed by atoms with Crippen LogP contribution in [0.2, 0.25) is 0 Å². The molecule has 27 heavy (non-hydrogen) atoms. The first-order chi connectivity index (χ1) is 13.0. The van der Waals surface area contributed by atoms with Crippen LogP contribution in [0.4, 0.5) is 11.5 Å². The van der Waals surface area contributed by atoms with Gasteiger partial charge in [-0.25, -0.2) is 0 Å². The summed E-state index contributed by atoms with van der Waals surface area (Å²) in [5.74, 6) is 1.76. The molecular formula is C18H18BN5O3. The third-order valence-electron chi connectivity index (χ3n) is 4.94. The minimum Gasteiger partial charge on any atom is -0.532 e. The largest absolute Gasteiger partial charge is 0.552 e. The molecule has 1 aliphatic carbocycles. The predicted octanol–water partition coefficient (Wildman–Crippen LogP) is 2.02. The summed E-state index contributed by atoms with van der Waals surface area (Å²) < 4.78 is 6.99. The average molecular weight is 363 g/mol. The number of anilines is 2. The Kier molecular flexibility index (Phi) is 4.34. The van der Waals surface area contributed by atoms with Crippen molar-refractivity contribution >= 4 is 30.6 Å². The monoisotopic (exact) mass is 363 g/mol. The summed E-state index contributed by atoms with van der Waals surface area (Å²) >= 11 is 0. The number of primary amides is 1. The quantitative estimate of drug-likeness (QED) is 0.714. The zero-order valence-corrected chi connectivity index (χ0v) is 14.5. The van der Waals surface area contributed by atoms with E-state index in [0.29, 0.717) is 17.3 Å². The second-order valence-electron chi connectivity index (χ2n) is 6.71. The van der Waals surface area contributed by atoms with Gasteiger partial charge in [-0.2, -0.15) is 10.4 Å². The Morgan fingerprint density at radius 1 is 1.48 bits per heavy atom. The van der Waals surface area contributed by atoms with E-state index in [1.807, 2.05) is 6.07 Å². The summed E-state index contributed by atoms with van der Waals surface area (Å²) in [6.07, 6.45) is 6.01. The summed E-state index contributed by atoms with van der Waals surface area (Å²) in [4.78, 5) is 11.9. The second kappa shape index (κ2) is 6.81. The summed E-state index contributed by atoms with van der Waals surface area (Å²) in [5, 5.41) is 26.4. The topological polar surface area (TPSA) is 126 Å². The number of amides is 1. The van der Waals surface area contributed by atoms with Crippen LogP contribution < -0.4 is 15.7 Å². The lowest BCUT2D eigenvalue weighted by atomic mass is 9.86. The standard InChI is InChI=1S/C18H18BN5O3/c20-9-12-2-1-3-15(12)24-10-14(17(21)25)18(23-24)22-13-4-5-16-11(8-13)6-7-19(26)27-16/h4-8,10,12,15,26H,1-3H2,(H2,21,25)(H,22,23)/t12-,15?/m1/s1. The Balaban J connectivity index is 1.64. The van der Waals surface area contributed by atoms with Crippen LogP contribution in [0, 0.1) is 17.2 Å². The zero-order chi connectivity index (χ0) is 19.0. The molecule has 1 unspecified atom stereocenters. The lowest BCUT2D eigenvalue weighted by Gasteiger charge is -2.16. The number of nitrogens with one attached hydrogen (secondary N) is 1. The minimum absolute atomic E-state index is 0.0509. The Morgan fingerprint density at radius 2 is 2.33 bits per heavy atom. The van der Waals surface area contributed by atoms with Gasteiger partial charge in [0.25, 0.3) is 5.91 Å². The number of carbonyl (C=O) groups is 1. The van der Waals surface area contributed by atoms with Crippen molar-refractivity contribution in [3.8, 4) is 11.8 Å². The summed E-state index contributed by atoms with van der Waals surface area (Å²) in [6.45, 7) is 0. The highest BCUT2D eigenvalue weighted by molar-refractivity contribution is 6.51. The van der Waals surface area contributed by atoms with E-state index in [1.165, 1.54) is 5.98 Å². The maximum Gasteiger partial charge on any atom is 0.552 e. The van der Waals surface area contributed by atoms with E-state index in [9.17, 15) is 15.1 Å². The van der Waals surface area contributed by atoms with Gasteiger partial charge in [-0.3, -0.25) is 9.48 Å². The first-order valence-corrected chi connectivity index (χ1v) is 8.77. The molecule has 1 aliphatic heterocycles. The second-order valence-corrected chi connectivity index (χ2v) is 6.71. The highest BCUT2D eigenvalue weighted by Gasteiger charge is 2.30. The highest BCUT2D eigenvalue weighted by Crippen LogP contribution is 2.36. The van der Waals surface area contributed by atoms with Crippen molar-refractivity contribution in [3.05, 3.63) is 41.5 Å². The first kappa shape index (κ1) is 17.2.